The molecule has 0 spiro atoms. The summed E-state index contributed by atoms with van der Waals surface area (Å²) in [6, 6.07) is 0. The smallest absolute Gasteiger partial charge is 0.457 e. The van der Waals surface area contributed by atoms with Crippen LogP contribution < -0.4 is 0 Å². The quantitative estimate of drug-likeness (QED) is 0.0147. The number of aliphatic hydroxyl groups excluding tert-OH is 5. The second kappa shape index (κ2) is 42.2. The first kappa shape index (κ1) is 61.1. The van der Waals surface area contributed by atoms with Crippen LogP contribution in [0.5, 0.6) is 0 Å². The van der Waals surface area contributed by atoms with Crippen LogP contribution in [0.4, 0.5) is 0 Å². The molecule has 6 N–H and O–H groups in total. The van der Waals surface area contributed by atoms with E-state index in [1.807, 2.05) is 0 Å². The third-order valence-corrected chi connectivity index (χ3v) is 13.6. The maximum atomic E-state index is 12.9. The van der Waals surface area contributed by atoms with Crippen molar-refractivity contribution in [2.75, 3.05) is 19.8 Å². The van der Waals surface area contributed by atoms with Gasteiger partial charge in [-0.2, -0.15) is 0 Å². The van der Waals surface area contributed by atoms with Gasteiger partial charge in [0.05, 0.1) is 13.2 Å². The summed E-state index contributed by atoms with van der Waals surface area (Å²) in [6.07, 6.45) is 35.6. The summed E-state index contributed by atoms with van der Waals surface area (Å²) in [4.78, 5) is 23.2. The number of phosphoric acid groups is 1. The van der Waals surface area contributed by atoms with Crippen molar-refractivity contribution in [1.82, 2.24) is 0 Å². The van der Waals surface area contributed by atoms with Crippen molar-refractivity contribution >= 4 is 13.8 Å². The van der Waals surface area contributed by atoms with Crippen molar-refractivity contribution in [2.24, 2.45) is 0 Å². The van der Waals surface area contributed by atoms with E-state index in [4.69, 9.17) is 18.5 Å². The summed E-state index contributed by atoms with van der Waals surface area (Å²) in [5, 5.41) is 50.3. The van der Waals surface area contributed by atoms with Crippen LogP contribution in [0.25, 0.3) is 0 Å². The van der Waals surface area contributed by atoms with Crippen molar-refractivity contribution in [1.29, 1.82) is 0 Å². The van der Waals surface area contributed by atoms with Crippen molar-refractivity contribution < 1.29 is 58.3 Å². The van der Waals surface area contributed by atoms with Gasteiger partial charge in [-0.3, -0.25) is 13.8 Å². The number of carbonyl (C=O) groups excluding carboxylic acids is 1. The number of carbonyl (C=O) groups is 1. The maximum absolute atomic E-state index is 12.9. The summed E-state index contributed by atoms with van der Waals surface area (Å²) in [7, 11) is -5.02. The molecule has 0 saturated heterocycles. The van der Waals surface area contributed by atoms with Gasteiger partial charge in [-0.05, 0) is 38.5 Å². The van der Waals surface area contributed by atoms with Crippen LogP contribution in [0, 0.1) is 0 Å². The Labute approximate surface area is 390 Å². The fraction of sp³-hybridized carbons (Fsp3) is 0.941. The van der Waals surface area contributed by atoms with Gasteiger partial charge in [0, 0.05) is 13.0 Å². The van der Waals surface area contributed by atoms with Crippen molar-refractivity contribution in [2.45, 2.75) is 288 Å². The van der Waals surface area contributed by atoms with Gasteiger partial charge >= 0.3 is 13.8 Å². The molecule has 0 aromatic heterocycles. The fourth-order valence-corrected chi connectivity index (χ4v) is 9.38. The molecule has 0 bridgehead atoms. The first-order valence-corrected chi connectivity index (χ1v) is 28.0. The van der Waals surface area contributed by atoms with Crippen LogP contribution >= 0.6 is 7.82 Å². The molecule has 0 aliphatic heterocycles. The average Bonchev–Trinajstić information content (AvgIpc) is 3.28. The zero-order chi connectivity index (χ0) is 46.9. The molecule has 6 atom stereocenters. The van der Waals surface area contributed by atoms with Gasteiger partial charge in [0.2, 0.25) is 0 Å². The molecule has 0 heterocycles. The summed E-state index contributed by atoms with van der Waals surface area (Å²) in [6.45, 7) is 4.30. The number of hydrogen-bond donors (Lipinski definition) is 6. The molecule has 380 valence electrons. The number of phosphoric ester groups is 1. The topological polar surface area (TPSA) is 192 Å². The lowest BCUT2D eigenvalue weighted by atomic mass is 9.85. The molecule has 0 radical (unpaired) electrons. The van der Waals surface area contributed by atoms with Crippen LogP contribution in [0.3, 0.4) is 0 Å². The predicted molar refractivity (Wildman–Crippen MR) is 258 cm³/mol. The number of hydrogen-bond acceptors (Lipinski definition) is 11. The molecule has 1 rings (SSSR count). The minimum Gasteiger partial charge on any atom is -0.457 e. The predicted octanol–water partition coefficient (Wildman–Crippen LogP) is 11.9. The lowest BCUT2D eigenvalue weighted by Gasteiger charge is -2.41. The summed E-state index contributed by atoms with van der Waals surface area (Å²) >= 11 is 0. The lowest BCUT2D eigenvalue weighted by molar-refractivity contribution is -0.220. The van der Waals surface area contributed by atoms with Gasteiger partial charge < -0.3 is 39.9 Å². The second-order valence-electron chi connectivity index (χ2n) is 18.7. The molecule has 12 nitrogen and oxygen atoms in total. The monoisotopic (exact) mass is 935 g/mol. The lowest BCUT2D eigenvalue weighted by Crippen LogP contribution is -2.64. The first-order chi connectivity index (χ1) is 31.0. The highest BCUT2D eigenvalue weighted by Crippen LogP contribution is 2.47. The fourth-order valence-electron chi connectivity index (χ4n) is 8.41. The number of esters is 1. The first-order valence-electron chi connectivity index (χ1n) is 26.5. The van der Waals surface area contributed by atoms with Gasteiger partial charge in [0.1, 0.15) is 42.7 Å². The van der Waals surface area contributed by atoms with Crippen LogP contribution in [0.2, 0.25) is 0 Å². The highest BCUT2D eigenvalue weighted by molar-refractivity contribution is 7.47. The Morgan fingerprint density at radius 2 is 0.828 bits per heavy atom. The second-order valence-corrected chi connectivity index (χ2v) is 20.1. The molecule has 1 aliphatic carbocycles. The van der Waals surface area contributed by atoms with Gasteiger partial charge in [-0.15, -0.1) is 0 Å². The summed E-state index contributed by atoms with van der Waals surface area (Å²) in [5.74, 6) is -0.471. The average molecular weight is 935 g/mol. The standard InChI is InChI=1S/C51H99O12P/c1-3-5-7-9-11-13-15-17-19-21-22-23-25-27-29-31-33-35-37-39-41-60-42-44(43-61-64(58,59)63-51-49(56)47(54)46(53)48(55)50(51)57)62-45(52)40-38-36-34-32-30-28-26-24-20-18-16-14-12-10-8-6-4-2/h17,19,44,46-51,53-57H,3-16,18,20-43H2,1-2H3,(H,58,59)/b19-17-. The number of allylic oxidation sites excluding steroid dienone is 2. The van der Waals surface area contributed by atoms with Crippen molar-refractivity contribution in [3.8, 4) is 0 Å². The summed E-state index contributed by atoms with van der Waals surface area (Å²) in [5.41, 5.74) is 0. The molecule has 1 fully saturated rings. The Kier molecular flexibility index (Phi) is 40.3. The molecular weight excluding hydrogens is 836 g/mol. The molecule has 0 amide bonds. The minimum atomic E-state index is -5.02. The molecule has 0 aromatic rings. The number of aliphatic hydroxyl groups is 5. The SMILES string of the molecule is CCCCCCCC/C=C\CCCCCCCCCCCCOCC(COP(=O)(O)OC1C(O)C(O)C(O)C(O)C1O)OC(=O)CCCCCCCCCCCCCCCCCCC. The third kappa shape index (κ3) is 33.5. The highest BCUT2D eigenvalue weighted by atomic mass is 31.2. The van der Waals surface area contributed by atoms with E-state index >= 15 is 0 Å². The molecular formula is C51H99O12P. The molecule has 0 aromatic carbocycles. The van der Waals surface area contributed by atoms with Gasteiger partial charge in [-0.1, -0.05) is 212 Å². The molecule has 1 aliphatic rings. The van der Waals surface area contributed by atoms with E-state index in [1.165, 1.54) is 180 Å². The van der Waals surface area contributed by atoms with Crippen molar-refractivity contribution in [3.05, 3.63) is 12.2 Å². The van der Waals surface area contributed by atoms with Crippen LogP contribution in [0.15, 0.2) is 12.2 Å². The number of rotatable bonds is 46. The minimum absolute atomic E-state index is 0.0714. The molecule has 1 saturated carbocycles. The zero-order valence-corrected chi connectivity index (χ0v) is 41.7. The number of ether oxygens (including phenoxy) is 2. The molecule has 64 heavy (non-hydrogen) atoms. The molecule has 6 unspecified atom stereocenters. The number of unbranched alkanes of at least 4 members (excludes halogenated alkanes) is 32. The Balaban J connectivity index is 2.31. The largest absolute Gasteiger partial charge is 0.472 e. The normalized spacial score (nSPS) is 21.7. The Hall–Kier alpha value is -0.920. The Bertz CT molecular complexity index is 1110. The van der Waals surface area contributed by atoms with Crippen LogP contribution in [0.1, 0.15) is 245 Å². The van der Waals surface area contributed by atoms with Gasteiger partial charge in [0.25, 0.3) is 0 Å². The van der Waals surface area contributed by atoms with E-state index in [2.05, 4.69) is 26.0 Å². The van der Waals surface area contributed by atoms with E-state index in [0.717, 1.165) is 38.5 Å². The van der Waals surface area contributed by atoms with Crippen LogP contribution in [-0.4, -0.2) is 98.9 Å². The van der Waals surface area contributed by atoms with Crippen molar-refractivity contribution in [3.63, 3.8) is 0 Å². The van der Waals surface area contributed by atoms with Gasteiger partial charge in [0.15, 0.2) is 0 Å². The van der Waals surface area contributed by atoms with Gasteiger partial charge in [-0.25, -0.2) is 4.57 Å². The Morgan fingerprint density at radius 3 is 1.23 bits per heavy atom. The van der Waals surface area contributed by atoms with Crippen LogP contribution in [-0.2, 0) is 27.9 Å². The third-order valence-electron chi connectivity index (χ3n) is 12.6. The highest BCUT2D eigenvalue weighted by Gasteiger charge is 2.51. The Morgan fingerprint density at radius 1 is 0.484 bits per heavy atom. The maximum Gasteiger partial charge on any atom is 0.472 e. The van der Waals surface area contributed by atoms with E-state index in [9.17, 15) is 39.8 Å². The van der Waals surface area contributed by atoms with E-state index in [1.54, 1.807) is 0 Å². The summed E-state index contributed by atoms with van der Waals surface area (Å²) < 4.78 is 34.3. The van der Waals surface area contributed by atoms with E-state index in [0.29, 0.717) is 13.0 Å². The van der Waals surface area contributed by atoms with E-state index in [-0.39, 0.29) is 13.0 Å². The van der Waals surface area contributed by atoms with E-state index < -0.39 is 63.1 Å². The molecule has 13 heteroatoms. The zero-order valence-electron chi connectivity index (χ0n) is 40.9.